The molecule has 1 rings (SSSR count). The first kappa shape index (κ1) is 11.0. The fourth-order valence-electron chi connectivity index (χ4n) is 1.09. The van der Waals surface area contributed by atoms with Gasteiger partial charge in [0, 0.05) is 12.6 Å². The van der Waals surface area contributed by atoms with Crippen LogP contribution in [0.15, 0.2) is 24.3 Å². The first-order valence-corrected chi connectivity index (χ1v) is 4.78. The van der Waals surface area contributed by atoms with Crippen LogP contribution in [-0.4, -0.2) is 24.4 Å². The van der Waals surface area contributed by atoms with Crippen molar-refractivity contribution in [2.24, 2.45) is 5.73 Å². The maximum absolute atomic E-state index is 8.63. The summed E-state index contributed by atoms with van der Waals surface area (Å²) in [5.74, 6) is 0.823. The predicted octanol–water partition coefficient (Wildman–Crippen LogP) is 1.08. The molecule has 14 heavy (non-hydrogen) atoms. The van der Waals surface area contributed by atoms with Gasteiger partial charge in [0.15, 0.2) is 0 Å². The molecule has 0 bridgehead atoms. The van der Waals surface area contributed by atoms with Crippen molar-refractivity contribution < 1.29 is 9.84 Å². The van der Waals surface area contributed by atoms with Gasteiger partial charge in [0.25, 0.3) is 0 Å². The van der Waals surface area contributed by atoms with E-state index in [1.54, 1.807) is 0 Å². The lowest BCUT2D eigenvalue weighted by atomic mass is 10.2. The molecule has 1 aromatic carbocycles. The van der Waals surface area contributed by atoms with Gasteiger partial charge < -0.3 is 15.6 Å². The lowest BCUT2D eigenvalue weighted by molar-refractivity contribution is 0.233. The van der Waals surface area contributed by atoms with Crippen LogP contribution in [0.25, 0.3) is 0 Å². The number of hydrogen-bond donors (Lipinski definition) is 2. The van der Waals surface area contributed by atoms with E-state index in [1.165, 1.54) is 5.56 Å². The summed E-state index contributed by atoms with van der Waals surface area (Å²) in [6.45, 7) is 2.59. The minimum absolute atomic E-state index is 0.0960. The van der Waals surface area contributed by atoms with E-state index in [2.05, 4.69) is 0 Å². The molecular formula is C11H17NO2. The van der Waals surface area contributed by atoms with Crippen LogP contribution in [0.2, 0.25) is 0 Å². The normalized spacial score (nSPS) is 12.5. The second-order valence-corrected chi connectivity index (χ2v) is 3.40. The zero-order valence-corrected chi connectivity index (χ0v) is 8.44. The van der Waals surface area contributed by atoms with Gasteiger partial charge in [-0.05, 0) is 25.5 Å². The van der Waals surface area contributed by atoms with E-state index in [0.717, 1.165) is 5.75 Å². The minimum Gasteiger partial charge on any atom is -0.492 e. The van der Waals surface area contributed by atoms with Gasteiger partial charge in [-0.1, -0.05) is 17.7 Å². The lowest BCUT2D eigenvalue weighted by Crippen LogP contribution is -2.28. The molecule has 0 saturated heterocycles. The zero-order valence-electron chi connectivity index (χ0n) is 8.44. The van der Waals surface area contributed by atoms with E-state index in [1.807, 2.05) is 31.2 Å². The molecule has 0 saturated carbocycles. The summed E-state index contributed by atoms with van der Waals surface area (Å²) in [6.07, 6.45) is 0.575. The average molecular weight is 195 g/mol. The highest BCUT2D eigenvalue weighted by atomic mass is 16.5. The number of aryl methyl sites for hydroxylation is 1. The Morgan fingerprint density at radius 3 is 2.57 bits per heavy atom. The molecule has 1 atom stereocenters. The Hall–Kier alpha value is -1.06. The smallest absolute Gasteiger partial charge is 0.119 e. The van der Waals surface area contributed by atoms with Crippen LogP contribution in [-0.2, 0) is 0 Å². The summed E-state index contributed by atoms with van der Waals surface area (Å²) in [5.41, 5.74) is 6.88. The van der Waals surface area contributed by atoms with Crippen LogP contribution in [0.5, 0.6) is 5.75 Å². The number of aliphatic hydroxyl groups is 1. The molecule has 0 aliphatic carbocycles. The topological polar surface area (TPSA) is 55.5 Å². The van der Waals surface area contributed by atoms with Crippen molar-refractivity contribution in [2.75, 3.05) is 13.2 Å². The lowest BCUT2D eigenvalue weighted by Gasteiger charge is -2.11. The van der Waals surface area contributed by atoms with Gasteiger partial charge in [0.1, 0.15) is 12.4 Å². The third kappa shape index (κ3) is 3.77. The van der Waals surface area contributed by atoms with Crippen LogP contribution in [0.4, 0.5) is 0 Å². The van der Waals surface area contributed by atoms with E-state index in [-0.39, 0.29) is 12.6 Å². The Labute approximate surface area is 84.5 Å². The number of aliphatic hydroxyl groups excluding tert-OH is 1. The molecule has 0 radical (unpaired) electrons. The third-order valence-corrected chi connectivity index (χ3v) is 1.98. The molecule has 0 aromatic heterocycles. The summed E-state index contributed by atoms with van der Waals surface area (Å²) in [7, 11) is 0. The van der Waals surface area contributed by atoms with Crippen LogP contribution < -0.4 is 10.5 Å². The van der Waals surface area contributed by atoms with E-state index in [0.29, 0.717) is 13.0 Å². The Morgan fingerprint density at radius 1 is 1.36 bits per heavy atom. The van der Waals surface area contributed by atoms with Crippen molar-refractivity contribution in [3.05, 3.63) is 29.8 Å². The van der Waals surface area contributed by atoms with Crippen molar-refractivity contribution in [3.63, 3.8) is 0 Å². The molecule has 3 heteroatoms. The van der Waals surface area contributed by atoms with Gasteiger partial charge >= 0.3 is 0 Å². The fraction of sp³-hybridized carbons (Fsp3) is 0.455. The summed E-state index contributed by atoms with van der Waals surface area (Å²) >= 11 is 0. The Morgan fingerprint density at radius 2 is 2.00 bits per heavy atom. The summed E-state index contributed by atoms with van der Waals surface area (Å²) in [4.78, 5) is 0. The van der Waals surface area contributed by atoms with E-state index < -0.39 is 0 Å². The molecule has 78 valence electrons. The Kier molecular flexibility index (Phi) is 4.43. The second kappa shape index (κ2) is 5.62. The van der Waals surface area contributed by atoms with Crippen molar-refractivity contribution >= 4 is 0 Å². The molecule has 0 aliphatic heterocycles. The first-order valence-electron chi connectivity index (χ1n) is 4.78. The standard InChI is InChI=1S/C11H17NO2/c1-9-2-4-11(5-3-9)14-8-10(12)6-7-13/h2-5,10,13H,6-8,12H2,1H3. The molecule has 0 heterocycles. The van der Waals surface area contributed by atoms with Gasteiger partial charge in [-0.3, -0.25) is 0 Å². The molecule has 0 spiro atoms. The van der Waals surface area contributed by atoms with E-state index in [9.17, 15) is 0 Å². The third-order valence-electron chi connectivity index (χ3n) is 1.98. The van der Waals surface area contributed by atoms with Gasteiger partial charge in [-0.2, -0.15) is 0 Å². The zero-order chi connectivity index (χ0) is 10.4. The highest BCUT2D eigenvalue weighted by Gasteiger charge is 2.02. The maximum Gasteiger partial charge on any atom is 0.119 e. The number of hydrogen-bond acceptors (Lipinski definition) is 3. The summed E-state index contributed by atoms with van der Waals surface area (Å²) in [6, 6.07) is 7.73. The van der Waals surface area contributed by atoms with Gasteiger partial charge in [0.05, 0.1) is 0 Å². The molecule has 0 amide bonds. The first-order chi connectivity index (χ1) is 6.72. The number of rotatable bonds is 5. The summed E-state index contributed by atoms with van der Waals surface area (Å²) in [5, 5.41) is 8.63. The molecule has 1 aromatic rings. The highest BCUT2D eigenvalue weighted by molar-refractivity contribution is 5.26. The van der Waals surface area contributed by atoms with Gasteiger partial charge in [-0.25, -0.2) is 0 Å². The summed E-state index contributed by atoms with van der Waals surface area (Å²) < 4.78 is 5.44. The van der Waals surface area contributed by atoms with Crippen molar-refractivity contribution in [1.82, 2.24) is 0 Å². The highest BCUT2D eigenvalue weighted by Crippen LogP contribution is 2.11. The monoisotopic (exact) mass is 195 g/mol. The molecular weight excluding hydrogens is 178 g/mol. The largest absolute Gasteiger partial charge is 0.492 e. The fourth-order valence-corrected chi connectivity index (χ4v) is 1.09. The van der Waals surface area contributed by atoms with Crippen molar-refractivity contribution in [3.8, 4) is 5.75 Å². The van der Waals surface area contributed by atoms with Crippen LogP contribution in [0, 0.1) is 6.92 Å². The number of nitrogens with two attached hydrogens (primary N) is 1. The van der Waals surface area contributed by atoms with E-state index in [4.69, 9.17) is 15.6 Å². The molecule has 3 nitrogen and oxygen atoms in total. The predicted molar refractivity (Wildman–Crippen MR) is 56.4 cm³/mol. The van der Waals surface area contributed by atoms with Crippen LogP contribution in [0.1, 0.15) is 12.0 Å². The van der Waals surface area contributed by atoms with Gasteiger partial charge in [-0.15, -0.1) is 0 Å². The quantitative estimate of drug-likeness (QED) is 0.739. The Bertz CT molecular complexity index is 258. The number of ether oxygens (including phenoxy) is 1. The molecule has 0 aliphatic rings. The SMILES string of the molecule is Cc1ccc(OCC(N)CCO)cc1. The van der Waals surface area contributed by atoms with Crippen LogP contribution in [0.3, 0.4) is 0 Å². The minimum atomic E-state index is -0.0960. The Balaban J connectivity index is 2.34. The number of benzene rings is 1. The molecule has 0 fully saturated rings. The van der Waals surface area contributed by atoms with Crippen molar-refractivity contribution in [1.29, 1.82) is 0 Å². The maximum atomic E-state index is 8.63. The van der Waals surface area contributed by atoms with Gasteiger partial charge in [0.2, 0.25) is 0 Å². The van der Waals surface area contributed by atoms with Crippen molar-refractivity contribution in [2.45, 2.75) is 19.4 Å². The van der Waals surface area contributed by atoms with Crippen LogP contribution >= 0.6 is 0 Å². The average Bonchev–Trinajstić information content (AvgIpc) is 2.17. The molecule has 1 unspecified atom stereocenters. The molecule has 3 N–H and O–H groups in total. The second-order valence-electron chi connectivity index (χ2n) is 3.40. The van der Waals surface area contributed by atoms with E-state index >= 15 is 0 Å².